The van der Waals surface area contributed by atoms with Crippen LogP contribution in [0.5, 0.6) is 0 Å². The molecule has 0 aliphatic rings. The molecule has 0 heteroatoms. The van der Waals surface area contributed by atoms with Gasteiger partial charge in [0.2, 0.25) is 0 Å². The molecule has 0 N–H and O–H groups in total. The Labute approximate surface area is 118 Å². The maximum absolute atomic E-state index is 8.14. The Morgan fingerprint density at radius 1 is 1.11 bits per heavy atom. The van der Waals surface area contributed by atoms with Crippen molar-refractivity contribution in [2.24, 2.45) is 5.92 Å². The van der Waals surface area contributed by atoms with Crippen molar-refractivity contribution in [3.8, 4) is 11.1 Å². The van der Waals surface area contributed by atoms with Crippen LogP contribution in [0.2, 0.25) is 0 Å². The molecule has 0 bridgehead atoms. The summed E-state index contributed by atoms with van der Waals surface area (Å²) in [5.41, 5.74) is 3.83. The van der Waals surface area contributed by atoms with E-state index >= 15 is 0 Å². The van der Waals surface area contributed by atoms with Crippen LogP contribution >= 0.6 is 0 Å². The molecule has 0 atom stereocenters. The van der Waals surface area contributed by atoms with Gasteiger partial charge in [0, 0.05) is 6.85 Å². The van der Waals surface area contributed by atoms with Crippen LogP contribution in [0, 0.1) is 19.7 Å². The average molecular weight is 243 g/mol. The zero-order valence-corrected chi connectivity index (χ0v) is 11.1. The lowest BCUT2D eigenvalue weighted by Crippen LogP contribution is -1.93. The van der Waals surface area contributed by atoms with Gasteiger partial charge in [0.25, 0.3) is 0 Å². The van der Waals surface area contributed by atoms with Gasteiger partial charge in [0.1, 0.15) is 0 Å². The maximum Gasteiger partial charge on any atom is 0.0319 e. The van der Waals surface area contributed by atoms with E-state index in [9.17, 15) is 0 Å². The van der Waals surface area contributed by atoms with E-state index in [1.165, 1.54) is 0 Å². The Balaban J connectivity index is 2.37. The predicted molar refractivity (Wildman–Crippen MR) is 79.9 cm³/mol. The van der Waals surface area contributed by atoms with Crippen molar-refractivity contribution >= 4 is 0 Å². The quantitative estimate of drug-likeness (QED) is 0.697. The molecule has 0 radical (unpaired) electrons. The lowest BCUT2D eigenvalue weighted by molar-refractivity contribution is 0.647. The van der Waals surface area contributed by atoms with Gasteiger partial charge in [-0.1, -0.05) is 61.9 Å². The van der Waals surface area contributed by atoms with Gasteiger partial charge >= 0.3 is 0 Å². The van der Waals surface area contributed by atoms with Crippen LogP contribution in [0.4, 0.5) is 0 Å². The van der Waals surface area contributed by atoms with E-state index in [0.717, 1.165) is 16.7 Å². The first-order chi connectivity index (χ1) is 10.5. The predicted octanol–water partition coefficient (Wildman–Crippen LogP) is 5.17. The second kappa shape index (κ2) is 5.39. The van der Waals surface area contributed by atoms with E-state index in [1.54, 1.807) is 12.1 Å². The molecular formula is C18H22. The minimum atomic E-state index is -2.10. The van der Waals surface area contributed by atoms with E-state index < -0.39 is 13.2 Å². The Morgan fingerprint density at radius 2 is 1.83 bits per heavy atom. The van der Waals surface area contributed by atoms with Crippen molar-refractivity contribution in [2.75, 3.05) is 0 Å². The molecule has 0 aliphatic heterocycles. The fraction of sp³-hybridized carbons (Fsp3) is 0.333. The zero-order chi connectivity index (χ0) is 17.4. The van der Waals surface area contributed by atoms with Gasteiger partial charge in [0.15, 0.2) is 0 Å². The summed E-state index contributed by atoms with van der Waals surface area (Å²) < 4.78 is 38.7. The molecule has 94 valence electrons. The molecule has 0 saturated heterocycles. The number of hydrogen-bond acceptors (Lipinski definition) is 0. The van der Waals surface area contributed by atoms with Crippen LogP contribution in [0.15, 0.2) is 42.5 Å². The van der Waals surface area contributed by atoms with Crippen molar-refractivity contribution < 1.29 is 6.85 Å². The monoisotopic (exact) mass is 243 g/mol. The third kappa shape index (κ3) is 3.01. The summed E-state index contributed by atoms with van der Waals surface area (Å²) in [4.78, 5) is 0. The fourth-order valence-corrected chi connectivity index (χ4v) is 2.07. The number of aryl methyl sites for hydroxylation is 2. The molecule has 18 heavy (non-hydrogen) atoms. The molecule has 0 aromatic heterocycles. The van der Waals surface area contributed by atoms with Crippen molar-refractivity contribution in [3.63, 3.8) is 0 Å². The summed E-state index contributed by atoms with van der Waals surface area (Å²) in [6.07, 6.45) is -1.36. The summed E-state index contributed by atoms with van der Waals surface area (Å²) in [6.45, 7) is 3.53. The van der Waals surface area contributed by atoms with Gasteiger partial charge in [-0.2, -0.15) is 0 Å². The summed E-state index contributed by atoms with van der Waals surface area (Å²) in [7, 11) is 0. The van der Waals surface area contributed by atoms with E-state index in [0.29, 0.717) is 11.1 Å². The van der Waals surface area contributed by atoms with Crippen LogP contribution in [-0.2, 0) is 6.37 Å². The highest BCUT2D eigenvalue weighted by atomic mass is 14.1. The van der Waals surface area contributed by atoms with Gasteiger partial charge in [-0.15, -0.1) is 0 Å². The van der Waals surface area contributed by atoms with Crippen LogP contribution in [-0.4, -0.2) is 0 Å². The minimum absolute atomic E-state index is 0.103. The Bertz CT molecular complexity index is 682. The molecule has 2 aromatic rings. The Kier molecular flexibility index (Phi) is 2.33. The maximum atomic E-state index is 8.14. The molecule has 0 spiro atoms. The van der Waals surface area contributed by atoms with E-state index in [2.05, 4.69) is 0 Å². The van der Waals surface area contributed by atoms with Gasteiger partial charge in [-0.05, 0) is 48.3 Å². The van der Waals surface area contributed by atoms with Crippen LogP contribution in [0.25, 0.3) is 11.1 Å². The molecule has 0 unspecified atom stereocenters. The van der Waals surface area contributed by atoms with Crippen molar-refractivity contribution in [3.05, 3.63) is 59.2 Å². The zero-order valence-electron chi connectivity index (χ0n) is 16.1. The van der Waals surface area contributed by atoms with Crippen LogP contribution in [0.1, 0.15) is 37.4 Å². The van der Waals surface area contributed by atoms with Gasteiger partial charge in [0.05, 0.1) is 0 Å². The topological polar surface area (TPSA) is 0 Å². The first-order valence-corrected chi connectivity index (χ1v) is 6.25. The van der Waals surface area contributed by atoms with Crippen molar-refractivity contribution in [2.45, 2.75) is 34.0 Å². The molecule has 0 nitrogen and oxygen atoms in total. The normalized spacial score (nSPS) is 16.6. The molecule has 0 aliphatic carbocycles. The van der Waals surface area contributed by atoms with Crippen molar-refractivity contribution in [1.29, 1.82) is 0 Å². The number of benzene rings is 2. The molecule has 0 heterocycles. The first kappa shape index (κ1) is 7.78. The van der Waals surface area contributed by atoms with E-state index in [4.69, 9.17) is 6.85 Å². The molecular weight excluding hydrogens is 216 g/mol. The smallest absolute Gasteiger partial charge is 0.0319 e. The average Bonchev–Trinajstić information content (AvgIpc) is 2.46. The summed E-state index contributed by atoms with van der Waals surface area (Å²) in [6, 6.07) is 12.6. The largest absolute Gasteiger partial charge is 0.0625 e. The van der Waals surface area contributed by atoms with Gasteiger partial charge < -0.3 is 0 Å². The Morgan fingerprint density at radius 3 is 2.39 bits per heavy atom. The second-order valence-corrected chi connectivity index (χ2v) is 4.91. The standard InChI is InChI=1S/C18H22/c1-13(2)11-16-6-8-17(9-7-16)18-10-5-14(3)12-15(18)4/h5-10,12-13H,11H2,1-4H3/i3D3,11D2. The molecule has 2 rings (SSSR count). The lowest BCUT2D eigenvalue weighted by atomic mass is 9.96. The molecule has 0 fully saturated rings. The summed E-state index contributed by atoms with van der Waals surface area (Å²) in [5, 5.41) is 0. The first-order valence-electron chi connectivity index (χ1n) is 8.75. The van der Waals surface area contributed by atoms with Gasteiger partial charge in [-0.3, -0.25) is 0 Å². The van der Waals surface area contributed by atoms with Crippen LogP contribution < -0.4 is 0 Å². The highest BCUT2D eigenvalue weighted by Crippen LogP contribution is 2.25. The van der Waals surface area contributed by atoms with Crippen LogP contribution in [0.3, 0.4) is 0 Å². The van der Waals surface area contributed by atoms with Gasteiger partial charge in [-0.25, -0.2) is 0 Å². The van der Waals surface area contributed by atoms with E-state index in [-0.39, 0.29) is 5.92 Å². The molecule has 0 saturated carbocycles. The Hall–Kier alpha value is -1.56. The number of hydrogen-bond donors (Lipinski definition) is 0. The van der Waals surface area contributed by atoms with E-state index in [1.807, 2.05) is 51.1 Å². The summed E-state index contributed by atoms with van der Waals surface area (Å²) >= 11 is 0. The minimum Gasteiger partial charge on any atom is -0.0625 e. The number of rotatable bonds is 3. The highest BCUT2D eigenvalue weighted by molar-refractivity contribution is 5.67. The molecule has 2 aromatic carbocycles. The SMILES string of the molecule is [2H]C([2H])([2H])c1ccc(-c2ccc(C([2H])([2H])C(C)C)cc2)c(C)c1. The fourth-order valence-electron chi connectivity index (χ4n) is 2.07. The highest BCUT2D eigenvalue weighted by Gasteiger charge is 2.03. The second-order valence-electron chi connectivity index (χ2n) is 4.91. The molecule has 0 amide bonds. The van der Waals surface area contributed by atoms with Crippen molar-refractivity contribution in [1.82, 2.24) is 0 Å². The third-order valence-corrected chi connectivity index (χ3v) is 2.88. The summed E-state index contributed by atoms with van der Waals surface area (Å²) in [5.74, 6) is -0.103. The lowest BCUT2D eigenvalue weighted by Gasteiger charge is -2.09. The third-order valence-electron chi connectivity index (χ3n) is 2.88.